The molecule has 1 atom stereocenters. The maximum Gasteiger partial charge on any atom is 0.341 e. The van der Waals surface area contributed by atoms with Crippen LogP contribution in [-0.2, 0) is 0 Å². The lowest BCUT2D eigenvalue weighted by Crippen LogP contribution is -2.40. The number of β-amino-alcohol motifs (C(OH)–C–C–N with tert-alkyl or cyclic N) is 1. The number of likely N-dealkylation sites (tertiary alicyclic amines) is 1. The number of rotatable bonds is 0. The molecule has 0 bridgehead atoms. The number of aliphatic hydroxyl groups excluding tert-OH is 1. The van der Waals surface area contributed by atoms with E-state index in [0.717, 1.165) is 13.0 Å². The van der Waals surface area contributed by atoms with Crippen molar-refractivity contribution in [3.63, 3.8) is 0 Å². The standard InChI is InChI=1S/C5H11N3O/c6-5(7)8-2-1-4(9)3-8/h4,9H,1-3H2,(H3,6,7)/q+1. The Balaban J connectivity index is 2.39. The number of hydrogen-bond donors (Lipinski definition) is 3. The van der Waals surface area contributed by atoms with E-state index < -0.39 is 0 Å². The van der Waals surface area contributed by atoms with Crippen molar-refractivity contribution >= 4 is 5.96 Å². The van der Waals surface area contributed by atoms with Gasteiger partial charge in [0.15, 0.2) is 6.54 Å². The number of aliphatic hydroxyl groups is 1. The number of nitrogens with one attached hydrogen (secondary N) is 1. The van der Waals surface area contributed by atoms with Gasteiger partial charge in [0.2, 0.25) is 0 Å². The van der Waals surface area contributed by atoms with E-state index in [1.54, 1.807) is 4.90 Å². The number of nitrogens with two attached hydrogens (primary N) is 1. The topological polar surface area (TPSA) is 76.0 Å². The molecule has 4 nitrogen and oxygen atoms in total. The summed E-state index contributed by atoms with van der Waals surface area (Å²) in [5, 5.41) is 15.9. The van der Waals surface area contributed by atoms with Gasteiger partial charge in [-0.15, -0.1) is 0 Å². The van der Waals surface area contributed by atoms with Crippen LogP contribution < -0.4 is 10.6 Å². The minimum absolute atomic E-state index is 0.0616. The highest BCUT2D eigenvalue weighted by Crippen LogP contribution is 2.03. The molecule has 51 valence electrons. The predicted molar refractivity (Wildman–Crippen MR) is 34.4 cm³/mol. The zero-order valence-corrected chi connectivity index (χ0v) is 5.17. The third-order valence-electron chi connectivity index (χ3n) is 1.50. The number of guanidine groups is 1. The van der Waals surface area contributed by atoms with E-state index in [1.165, 1.54) is 0 Å². The Hall–Kier alpha value is -0.610. The summed E-state index contributed by atoms with van der Waals surface area (Å²) in [4.78, 5) is 1.66. The zero-order valence-electron chi connectivity index (χ0n) is 5.17. The van der Waals surface area contributed by atoms with Crippen LogP contribution in [0.1, 0.15) is 6.42 Å². The molecule has 1 unspecified atom stereocenters. The van der Waals surface area contributed by atoms with Gasteiger partial charge in [0.05, 0.1) is 0 Å². The lowest BCUT2D eigenvalue weighted by molar-refractivity contribution is 0.193. The van der Waals surface area contributed by atoms with Crippen LogP contribution >= 0.6 is 0 Å². The molecule has 0 spiro atoms. The van der Waals surface area contributed by atoms with Crippen LogP contribution in [0.3, 0.4) is 0 Å². The van der Waals surface area contributed by atoms with E-state index in [1.807, 2.05) is 0 Å². The first-order valence-corrected chi connectivity index (χ1v) is 2.97. The highest BCUT2D eigenvalue weighted by Gasteiger charge is 2.31. The summed E-state index contributed by atoms with van der Waals surface area (Å²) in [6, 6.07) is 0. The summed E-state index contributed by atoms with van der Waals surface area (Å²) in [7, 11) is 0. The molecule has 1 radical (unpaired) electrons. The van der Waals surface area contributed by atoms with Gasteiger partial charge in [-0.1, -0.05) is 4.90 Å². The molecule has 0 amide bonds. The van der Waals surface area contributed by atoms with Crippen molar-refractivity contribution in [3.05, 3.63) is 0 Å². The molecule has 1 aliphatic rings. The van der Waals surface area contributed by atoms with E-state index in [2.05, 4.69) is 0 Å². The third-order valence-corrected chi connectivity index (χ3v) is 1.50. The van der Waals surface area contributed by atoms with Crippen molar-refractivity contribution in [3.8, 4) is 0 Å². The second-order valence-corrected chi connectivity index (χ2v) is 2.27. The lowest BCUT2D eigenvalue weighted by Gasteiger charge is -1.97. The Bertz CT molecular complexity index is 125. The minimum atomic E-state index is -0.283. The first-order valence-electron chi connectivity index (χ1n) is 2.97. The van der Waals surface area contributed by atoms with Gasteiger partial charge in [-0.3, -0.25) is 0 Å². The summed E-state index contributed by atoms with van der Waals surface area (Å²) in [5.74, 6) is 0.0616. The maximum atomic E-state index is 8.95. The summed E-state index contributed by atoms with van der Waals surface area (Å²) in [6.45, 7) is 1.24. The Morgan fingerprint density at radius 1 is 1.78 bits per heavy atom. The first-order chi connectivity index (χ1) is 4.20. The van der Waals surface area contributed by atoms with Crippen molar-refractivity contribution in [1.29, 1.82) is 5.41 Å². The molecule has 1 aliphatic heterocycles. The van der Waals surface area contributed by atoms with Crippen LogP contribution in [0.4, 0.5) is 0 Å². The highest BCUT2D eigenvalue weighted by atomic mass is 16.3. The van der Waals surface area contributed by atoms with Gasteiger partial charge in [-0.2, -0.15) is 0 Å². The molecular formula is C5H11N3O+. The lowest BCUT2D eigenvalue weighted by atomic mass is 10.3. The molecule has 1 saturated heterocycles. The van der Waals surface area contributed by atoms with Crippen molar-refractivity contribution in [2.75, 3.05) is 13.1 Å². The zero-order chi connectivity index (χ0) is 6.85. The highest BCUT2D eigenvalue weighted by molar-refractivity contribution is 5.77. The molecule has 0 aromatic rings. The van der Waals surface area contributed by atoms with Crippen LogP contribution in [0.5, 0.6) is 0 Å². The summed E-state index contributed by atoms with van der Waals surface area (Å²) < 4.78 is 0. The molecule has 4 N–H and O–H groups in total. The molecule has 0 aromatic carbocycles. The van der Waals surface area contributed by atoms with Gasteiger partial charge in [-0.25, -0.2) is 5.41 Å². The van der Waals surface area contributed by atoms with E-state index in [0.29, 0.717) is 6.54 Å². The van der Waals surface area contributed by atoms with E-state index in [9.17, 15) is 0 Å². The average molecular weight is 129 g/mol. The Kier molecular flexibility index (Phi) is 1.68. The molecule has 1 fully saturated rings. The normalized spacial score (nSPS) is 28.8. The van der Waals surface area contributed by atoms with Crippen LogP contribution in [0.2, 0.25) is 0 Å². The van der Waals surface area contributed by atoms with Crippen LogP contribution in [0, 0.1) is 5.41 Å². The monoisotopic (exact) mass is 129 g/mol. The van der Waals surface area contributed by atoms with E-state index in [-0.39, 0.29) is 12.1 Å². The van der Waals surface area contributed by atoms with Crippen molar-refractivity contribution < 1.29 is 5.11 Å². The molecule has 0 aliphatic carbocycles. The predicted octanol–water partition coefficient (Wildman–Crippen LogP) is -1.22. The SMILES string of the molecule is N=C(N)[N+]1CCC(O)C1. The quantitative estimate of drug-likeness (QED) is 0.218. The molecule has 4 heteroatoms. The Labute approximate surface area is 53.8 Å². The smallest absolute Gasteiger partial charge is 0.341 e. The molecule has 9 heavy (non-hydrogen) atoms. The van der Waals surface area contributed by atoms with Crippen LogP contribution in [0.25, 0.3) is 0 Å². The largest absolute Gasteiger partial charge is 0.387 e. The number of nitrogens with zero attached hydrogens (tertiary/aromatic N) is 1. The molecule has 1 rings (SSSR count). The van der Waals surface area contributed by atoms with Crippen molar-refractivity contribution in [2.24, 2.45) is 5.73 Å². The second kappa shape index (κ2) is 2.33. The van der Waals surface area contributed by atoms with Crippen LogP contribution in [0.15, 0.2) is 0 Å². The molecule has 0 saturated carbocycles. The van der Waals surface area contributed by atoms with Gasteiger partial charge >= 0.3 is 5.96 Å². The fraction of sp³-hybridized carbons (Fsp3) is 0.800. The maximum absolute atomic E-state index is 8.95. The average Bonchev–Trinajstić information content (AvgIpc) is 2.14. The van der Waals surface area contributed by atoms with Gasteiger partial charge in [-0.05, 0) is 0 Å². The molecular weight excluding hydrogens is 118 g/mol. The summed E-state index contributed by atoms with van der Waals surface area (Å²) in [6.07, 6.45) is 0.452. The fourth-order valence-electron chi connectivity index (χ4n) is 0.961. The number of hydrogen-bond acceptors (Lipinski definition) is 2. The summed E-state index contributed by atoms with van der Waals surface area (Å²) in [5.41, 5.74) is 5.16. The Morgan fingerprint density at radius 3 is 2.67 bits per heavy atom. The second-order valence-electron chi connectivity index (χ2n) is 2.27. The van der Waals surface area contributed by atoms with Gasteiger partial charge in [0, 0.05) is 6.42 Å². The van der Waals surface area contributed by atoms with Crippen molar-refractivity contribution in [2.45, 2.75) is 12.5 Å². The van der Waals surface area contributed by atoms with Crippen LogP contribution in [-0.4, -0.2) is 30.3 Å². The van der Waals surface area contributed by atoms with Gasteiger partial charge in [0.25, 0.3) is 0 Å². The fourth-order valence-corrected chi connectivity index (χ4v) is 0.961. The summed E-state index contributed by atoms with van der Waals surface area (Å²) >= 11 is 0. The first kappa shape index (κ1) is 6.51. The van der Waals surface area contributed by atoms with Gasteiger partial charge < -0.3 is 10.8 Å². The van der Waals surface area contributed by atoms with Gasteiger partial charge in [0.1, 0.15) is 12.6 Å². The minimum Gasteiger partial charge on any atom is -0.387 e. The van der Waals surface area contributed by atoms with Crippen molar-refractivity contribution in [1.82, 2.24) is 4.90 Å². The third kappa shape index (κ3) is 1.40. The molecule has 0 aromatic heterocycles. The van der Waals surface area contributed by atoms with E-state index >= 15 is 0 Å². The molecule has 1 heterocycles. The Morgan fingerprint density at radius 2 is 2.44 bits per heavy atom. The van der Waals surface area contributed by atoms with E-state index in [4.69, 9.17) is 16.2 Å².